The van der Waals surface area contributed by atoms with Crippen molar-refractivity contribution in [2.45, 2.75) is 30.9 Å². The van der Waals surface area contributed by atoms with E-state index < -0.39 is 0 Å². The van der Waals surface area contributed by atoms with E-state index in [-0.39, 0.29) is 12.0 Å². The number of hydrogen-bond donors (Lipinski definition) is 1. The van der Waals surface area contributed by atoms with Crippen LogP contribution in [0, 0.1) is 6.92 Å². The summed E-state index contributed by atoms with van der Waals surface area (Å²) in [5.41, 5.74) is 2.19. The number of rotatable bonds is 6. The predicted octanol–water partition coefficient (Wildman–Crippen LogP) is 4.71. The monoisotopic (exact) mass is 433 g/mol. The Kier molecular flexibility index (Phi) is 6.16. The van der Waals surface area contributed by atoms with Crippen LogP contribution >= 0.6 is 34.7 Å². The molecule has 0 unspecified atom stereocenters. The van der Waals surface area contributed by atoms with E-state index in [2.05, 4.69) is 22.2 Å². The molecule has 0 radical (unpaired) electrons. The Morgan fingerprint density at radius 1 is 1.36 bits per heavy atom. The molecule has 0 spiro atoms. The Morgan fingerprint density at radius 3 is 2.93 bits per heavy atom. The first-order valence-electron chi connectivity index (χ1n) is 9.13. The van der Waals surface area contributed by atoms with Gasteiger partial charge >= 0.3 is 0 Å². The number of aromatic nitrogens is 2. The van der Waals surface area contributed by atoms with Crippen molar-refractivity contribution in [1.82, 2.24) is 15.3 Å². The number of nitrogens with zero attached hydrogens (tertiary/aromatic N) is 2. The minimum absolute atomic E-state index is 0.00717. The largest absolute Gasteiger partial charge is 0.376 e. The first-order chi connectivity index (χ1) is 13.6. The van der Waals surface area contributed by atoms with E-state index in [0.29, 0.717) is 17.3 Å². The first-order valence-corrected chi connectivity index (χ1v) is 11.3. The lowest BCUT2D eigenvalue weighted by Crippen LogP contribution is -2.32. The lowest BCUT2D eigenvalue weighted by atomic mass is 10.0. The number of halogens is 1. The molecule has 28 heavy (non-hydrogen) atoms. The van der Waals surface area contributed by atoms with Crippen LogP contribution < -0.4 is 5.32 Å². The van der Waals surface area contributed by atoms with Crippen molar-refractivity contribution in [3.8, 4) is 11.1 Å². The van der Waals surface area contributed by atoms with E-state index in [4.69, 9.17) is 16.3 Å². The molecule has 4 rings (SSSR count). The fourth-order valence-corrected chi connectivity index (χ4v) is 5.35. The number of nitrogens with one attached hydrogen (secondary N) is 1. The minimum Gasteiger partial charge on any atom is -0.376 e. The summed E-state index contributed by atoms with van der Waals surface area (Å²) in [6.45, 7) is 3.45. The van der Waals surface area contributed by atoms with Crippen molar-refractivity contribution in [3.05, 3.63) is 40.5 Å². The first kappa shape index (κ1) is 19.6. The van der Waals surface area contributed by atoms with Crippen LogP contribution in [0.3, 0.4) is 0 Å². The summed E-state index contributed by atoms with van der Waals surface area (Å²) in [4.78, 5) is 23.3. The van der Waals surface area contributed by atoms with Crippen LogP contribution in [0.1, 0.15) is 17.7 Å². The van der Waals surface area contributed by atoms with Crippen molar-refractivity contribution in [2.24, 2.45) is 0 Å². The number of thiophene rings is 1. The number of hydrogen-bond acceptors (Lipinski definition) is 6. The molecule has 1 amide bonds. The molecule has 1 aliphatic heterocycles. The van der Waals surface area contributed by atoms with Crippen LogP contribution in [0.15, 0.2) is 35.6 Å². The van der Waals surface area contributed by atoms with Crippen LogP contribution in [-0.2, 0) is 9.53 Å². The Morgan fingerprint density at radius 2 is 2.18 bits per heavy atom. The van der Waals surface area contributed by atoms with Gasteiger partial charge in [0.1, 0.15) is 16.2 Å². The summed E-state index contributed by atoms with van der Waals surface area (Å²) in [6, 6.07) is 7.78. The van der Waals surface area contributed by atoms with Gasteiger partial charge in [0.25, 0.3) is 0 Å². The van der Waals surface area contributed by atoms with Gasteiger partial charge in [0.2, 0.25) is 5.91 Å². The summed E-state index contributed by atoms with van der Waals surface area (Å²) in [7, 11) is 0. The van der Waals surface area contributed by atoms with E-state index in [0.717, 1.165) is 45.8 Å². The number of thioether (sulfide) groups is 1. The standard InChI is InChI=1S/C20H20ClN3O2S2/c1-12-17(13-4-6-14(21)7-5-13)18-19(23-11-24-20(18)28-12)27-10-16(25)22-9-15-3-2-8-26-15/h4-7,11,15H,2-3,8-10H2,1H3,(H,22,25)/t15-/m1/s1. The lowest BCUT2D eigenvalue weighted by molar-refractivity contribution is -0.119. The molecule has 1 aromatic carbocycles. The third kappa shape index (κ3) is 4.33. The molecule has 0 saturated carbocycles. The average molecular weight is 434 g/mol. The fraction of sp³-hybridized carbons (Fsp3) is 0.350. The highest BCUT2D eigenvalue weighted by atomic mass is 35.5. The molecule has 3 aromatic rings. The normalized spacial score (nSPS) is 16.6. The summed E-state index contributed by atoms with van der Waals surface area (Å²) < 4.78 is 5.55. The molecule has 3 heterocycles. The number of aryl methyl sites for hydroxylation is 1. The predicted molar refractivity (Wildman–Crippen MR) is 115 cm³/mol. The van der Waals surface area contributed by atoms with Crippen LogP contribution in [0.2, 0.25) is 5.02 Å². The zero-order valence-electron chi connectivity index (χ0n) is 15.4. The highest BCUT2D eigenvalue weighted by Crippen LogP contribution is 2.41. The Labute approximate surface area is 176 Å². The quantitative estimate of drug-likeness (QED) is 0.450. The molecule has 8 heteroatoms. The van der Waals surface area contributed by atoms with Crippen LogP contribution in [0.5, 0.6) is 0 Å². The maximum Gasteiger partial charge on any atom is 0.230 e. The zero-order chi connectivity index (χ0) is 19.5. The van der Waals surface area contributed by atoms with Gasteiger partial charge in [0.15, 0.2) is 0 Å². The van der Waals surface area contributed by atoms with Gasteiger partial charge in [-0.1, -0.05) is 35.5 Å². The molecule has 146 valence electrons. The van der Waals surface area contributed by atoms with E-state index >= 15 is 0 Å². The summed E-state index contributed by atoms with van der Waals surface area (Å²) in [5, 5.41) is 5.49. The third-order valence-corrected chi connectivity index (χ3v) is 6.91. The number of carbonyl (C=O) groups excluding carboxylic acids is 1. The van der Waals surface area contributed by atoms with Gasteiger partial charge in [-0.15, -0.1) is 11.3 Å². The van der Waals surface area contributed by atoms with E-state index in [1.165, 1.54) is 16.6 Å². The summed E-state index contributed by atoms with van der Waals surface area (Å²) in [5.74, 6) is 0.306. The van der Waals surface area contributed by atoms with Crippen molar-refractivity contribution in [1.29, 1.82) is 0 Å². The van der Waals surface area contributed by atoms with Gasteiger partial charge in [-0.2, -0.15) is 0 Å². The molecule has 0 bridgehead atoms. The second-order valence-corrected chi connectivity index (χ2v) is 9.23. The van der Waals surface area contributed by atoms with Crippen LogP contribution in [0.25, 0.3) is 21.3 Å². The second-order valence-electron chi connectivity index (χ2n) is 6.63. The molecule has 1 saturated heterocycles. The number of benzene rings is 1. The van der Waals surface area contributed by atoms with Gasteiger partial charge in [-0.05, 0) is 37.5 Å². The summed E-state index contributed by atoms with van der Waals surface area (Å²) >= 11 is 9.13. The van der Waals surface area contributed by atoms with Crippen LogP contribution in [-0.4, -0.2) is 40.9 Å². The second kappa shape index (κ2) is 8.78. The molecule has 1 N–H and O–H groups in total. The van der Waals surface area contributed by atoms with Gasteiger partial charge in [-0.3, -0.25) is 4.79 Å². The van der Waals surface area contributed by atoms with Crippen molar-refractivity contribution in [3.63, 3.8) is 0 Å². The Balaban J connectivity index is 1.53. The molecule has 1 aliphatic rings. The average Bonchev–Trinajstić information content (AvgIpc) is 3.32. The molecule has 1 fully saturated rings. The van der Waals surface area contributed by atoms with E-state index in [1.807, 2.05) is 24.3 Å². The minimum atomic E-state index is -0.00717. The maximum absolute atomic E-state index is 12.3. The van der Waals surface area contributed by atoms with Crippen LogP contribution in [0.4, 0.5) is 0 Å². The number of amides is 1. The SMILES string of the molecule is Cc1sc2ncnc(SCC(=O)NC[C@H]3CCCO3)c2c1-c1ccc(Cl)cc1. The molecular formula is C20H20ClN3O2S2. The van der Waals surface area contributed by atoms with Gasteiger partial charge in [0.05, 0.1) is 17.2 Å². The van der Waals surface area contributed by atoms with Crippen molar-refractivity contribution >= 4 is 50.8 Å². The van der Waals surface area contributed by atoms with Gasteiger partial charge in [0, 0.05) is 28.6 Å². The van der Waals surface area contributed by atoms with Gasteiger partial charge in [-0.25, -0.2) is 9.97 Å². The van der Waals surface area contributed by atoms with Crippen molar-refractivity contribution in [2.75, 3.05) is 18.9 Å². The lowest BCUT2D eigenvalue weighted by Gasteiger charge is -2.11. The smallest absolute Gasteiger partial charge is 0.230 e. The molecular weight excluding hydrogens is 414 g/mol. The van der Waals surface area contributed by atoms with Crippen molar-refractivity contribution < 1.29 is 9.53 Å². The molecule has 0 aliphatic carbocycles. The fourth-order valence-electron chi connectivity index (χ4n) is 3.31. The number of ether oxygens (including phenoxy) is 1. The Bertz CT molecular complexity index is 985. The topological polar surface area (TPSA) is 64.1 Å². The summed E-state index contributed by atoms with van der Waals surface area (Å²) in [6.07, 6.45) is 3.80. The molecule has 1 atom stereocenters. The van der Waals surface area contributed by atoms with E-state index in [1.54, 1.807) is 17.7 Å². The third-order valence-electron chi connectivity index (χ3n) is 4.65. The Hall–Kier alpha value is -1.67. The zero-order valence-corrected chi connectivity index (χ0v) is 17.8. The maximum atomic E-state index is 12.3. The van der Waals surface area contributed by atoms with Gasteiger partial charge < -0.3 is 10.1 Å². The van der Waals surface area contributed by atoms with E-state index in [9.17, 15) is 4.79 Å². The highest BCUT2D eigenvalue weighted by Gasteiger charge is 2.19. The highest BCUT2D eigenvalue weighted by molar-refractivity contribution is 8.00. The molecule has 2 aromatic heterocycles. The number of fused-ring (bicyclic) bond motifs is 1. The molecule has 5 nitrogen and oxygen atoms in total. The number of carbonyl (C=O) groups is 1.